The number of nitrogen functional groups attached to an aromatic ring is 1. The maximum atomic E-state index is 12.6. The van der Waals surface area contributed by atoms with Crippen LogP contribution in [0.3, 0.4) is 0 Å². The molecule has 1 heterocycles. The molecular formula is C20H20N4O2. The first kappa shape index (κ1) is 17.6. The zero-order valence-electron chi connectivity index (χ0n) is 14.2. The summed E-state index contributed by atoms with van der Waals surface area (Å²) < 4.78 is 0. The van der Waals surface area contributed by atoms with Crippen LogP contribution in [-0.2, 0) is 6.42 Å². The molecule has 4 N–H and O–H groups in total. The van der Waals surface area contributed by atoms with E-state index in [4.69, 9.17) is 5.73 Å². The lowest BCUT2D eigenvalue weighted by Crippen LogP contribution is -2.39. The van der Waals surface area contributed by atoms with E-state index in [1.807, 2.05) is 60.7 Å². The van der Waals surface area contributed by atoms with Gasteiger partial charge in [-0.1, -0.05) is 60.7 Å². The van der Waals surface area contributed by atoms with Crippen molar-refractivity contribution in [3.8, 4) is 11.3 Å². The summed E-state index contributed by atoms with van der Waals surface area (Å²) in [7, 11) is 0. The fourth-order valence-electron chi connectivity index (χ4n) is 2.63. The fraction of sp³-hybridized carbons (Fsp3) is 0.150. The lowest BCUT2D eigenvalue weighted by atomic mass is 10.1. The van der Waals surface area contributed by atoms with Crippen LogP contribution in [0, 0.1) is 0 Å². The molecule has 26 heavy (non-hydrogen) atoms. The van der Waals surface area contributed by atoms with Crippen molar-refractivity contribution in [3.05, 3.63) is 78.1 Å². The zero-order chi connectivity index (χ0) is 18.4. The van der Waals surface area contributed by atoms with Gasteiger partial charge in [-0.15, -0.1) is 0 Å². The van der Waals surface area contributed by atoms with Crippen LogP contribution in [0.15, 0.2) is 66.9 Å². The maximum Gasteiger partial charge on any atom is 0.274 e. The number of hydrogen-bond acceptors (Lipinski definition) is 5. The van der Waals surface area contributed by atoms with Gasteiger partial charge in [0.05, 0.1) is 24.5 Å². The van der Waals surface area contributed by atoms with Gasteiger partial charge in [-0.05, 0) is 12.0 Å². The lowest BCUT2D eigenvalue weighted by molar-refractivity contribution is 0.0912. The monoisotopic (exact) mass is 348 g/mol. The molecule has 132 valence electrons. The Hall–Kier alpha value is -3.25. The van der Waals surface area contributed by atoms with E-state index < -0.39 is 11.9 Å². The highest BCUT2D eigenvalue weighted by Crippen LogP contribution is 2.18. The Morgan fingerprint density at radius 2 is 1.73 bits per heavy atom. The number of aliphatic hydroxyl groups excluding tert-OH is 1. The summed E-state index contributed by atoms with van der Waals surface area (Å²) in [4.78, 5) is 21.0. The van der Waals surface area contributed by atoms with Crippen LogP contribution in [0.5, 0.6) is 0 Å². The number of benzene rings is 2. The SMILES string of the molecule is Nc1ncc(-c2ccccc2)nc1C(=O)N[C@@H](CO)Cc1ccccc1. The highest BCUT2D eigenvalue weighted by atomic mass is 16.3. The normalized spacial score (nSPS) is 11.7. The van der Waals surface area contributed by atoms with Gasteiger partial charge in [-0.2, -0.15) is 0 Å². The first-order valence-corrected chi connectivity index (χ1v) is 8.31. The third kappa shape index (κ3) is 4.23. The molecule has 1 atom stereocenters. The van der Waals surface area contributed by atoms with Crippen LogP contribution in [-0.4, -0.2) is 33.6 Å². The predicted octanol–water partition coefficient (Wildman–Crippen LogP) is 2.06. The predicted molar refractivity (Wildman–Crippen MR) is 100 cm³/mol. The van der Waals surface area contributed by atoms with E-state index in [2.05, 4.69) is 15.3 Å². The molecule has 0 saturated carbocycles. The molecule has 3 aromatic rings. The zero-order valence-corrected chi connectivity index (χ0v) is 14.2. The second-order valence-electron chi connectivity index (χ2n) is 5.90. The standard InChI is InChI=1S/C20H20N4O2/c21-19-18(24-17(12-22-19)15-9-5-2-6-10-15)20(26)23-16(13-25)11-14-7-3-1-4-8-14/h1-10,12,16,25H,11,13H2,(H2,21,22)(H,23,26)/t16-/m1/s1. The van der Waals surface area contributed by atoms with Crippen LogP contribution >= 0.6 is 0 Å². The Balaban J connectivity index is 1.78. The van der Waals surface area contributed by atoms with Crippen molar-refractivity contribution in [1.29, 1.82) is 0 Å². The number of amides is 1. The Bertz CT molecular complexity index is 869. The van der Waals surface area contributed by atoms with E-state index in [0.717, 1.165) is 11.1 Å². The van der Waals surface area contributed by atoms with Crippen molar-refractivity contribution >= 4 is 11.7 Å². The highest BCUT2D eigenvalue weighted by molar-refractivity contribution is 5.97. The molecule has 0 bridgehead atoms. The van der Waals surface area contributed by atoms with Crippen LogP contribution in [0.1, 0.15) is 16.1 Å². The molecule has 1 aromatic heterocycles. The van der Waals surface area contributed by atoms with Crippen LogP contribution in [0.4, 0.5) is 5.82 Å². The van der Waals surface area contributed by atoms with Crippen LogP contribution < -0.4 is 11.1 Å². The van der Waals surface area contributed by atoms with Gasteiger partial charge in [-0.3, -0.25) is 4.79 Å². The molecule has 3 rings (SSSR count). The molecule has 0 saturated heterocycles. The summed E-state index contributed by atoms with van der Waals surface area (Å²) in [5.41, 5.74) is 8.32. The molecule has 6 heteroatoms. The molecular weight excluding hydrogens is 328 g/mol. The largest absolute Gasteiger partial charge is 0.394 e. The third-order valence-corrected chi connectivity index (χ3v) is 3.97. The van der Waals surface area contributed by atoms with Crippen molar-refractivity contribution in [3.63, 3.8) is 0 Å². The summed E-state index contributed by atoms with van der Waals surface area (Å²) >= 11 is 0. The number of anilines is 1. The van der Waals surface area contributed by atoms with Gasteiger partial charge in [0.1, 0.15) is 0 Å². The molecule has 0 radical (unpaired) electrons. The average Bonchev–Trinajstić information content (AvgIpc) is 2.69. The van der Waals surface area contributed by atoms with E-state index in [9.17, 15) is 9.90 Å². The van der Waals surface area contributed by atoms with E-state index >= 15 is 0 Å². The van der Waals surface area contributed by atoms with Crippen molar-refractivity contribution < 1.29 is 9.90 Å². The molecule has 0 fully saturated rings. The van der Waals surface area contributed by atoms with Gasteiger partial charge in [0.2, 0.25) is 0 Å². The second kappa shape index (κ2) is 8.22. The molecule has 0 aliphatic rings. The van der Waals surface area contributed by atoms with Crippen molar-refractivity contribution in [2.45, 2.75) is 12.5 Å². The van der Waals surface area contributed by atoms with Gasteiger partial charge >= 0.3 is 0 Å². The number of nitrogens with zero attached hydrogens (tertiary/aromatic N) is 2. The van der Waals surface area contributed by atoms with Gasteiger partial charge in [0.25, 0.3) is 5.91 Å². The molecule has 0 aliphatic heterocycles. The minimum absolute atomic E-state index is 0.0536. The summed E-state index contributed by atoms with van der Waals surface area (Å²) in [5, 5.41) is 12.4. The van der Waals surface area contributed by atoms with Crippen LogP contribution in [0.25, 0.3) is 11.3 Å². The second-order valence-corrected chi connectivity index (χ2v) is 5.90. The third-order valence-electron chi connectivity index (χ3n) is 3.97. The minimum atomic E-state index is -0.456. The Morgan fingerprint density at radius 3 is 2.38 bits per heavy atom. The number of rotatable bonds is 6. The topological polar surface area (TPSA) is 101 Å². The lowest BCUT2D eigenvalue weighted by Gasteiger charge is -2.17. The Labute approximate surface area is 151 Å². The molecule has 6 nitrogen and oxygen atoms in total. The van der Waals surface area contributed by atoms with E-state index in [1.54, 1.807) is 0 Å². The molecule has 0 spiro atoms. The minimum Gasteiger partial charge on any atom is -0.394 e. The molecule has 2 aromatic carbocycles. The fourth-order valence-corrected chi connectivity index (χ4v) is 2.63. The van der Waals surface area contributed by atoms with Gasteiger partial charge in [0.15, 0.2) is 11.5 Å². The first-order chi connectivity index (χ1) is 12.7. The summed E-state index contributed by atoms with van der Waals surface area (Å²) in [6, 6.07) is 18.6. The van der Waals surface area contributed by atoms with Crippen molar-refractivity contribution in [2.24, 2.45) is 0 Å². The Kier molecular flexibility index (Phi) is 5.56. The van der Waals surface area contributed by atoms with Gasteiger partial charge < -0.3 is 16.2 Å². The summed E-state index contributed by atoms with van der Waals surface area (Å²) in [5.74, 6) is -0.402. The number of carbonyl (C=O) groups excluding carboxylic acids is 1. The number of hydrogen-bond donors (Lipinski definition) is 3. The quantitative estimate of drug-likeness (QED) is 0.633. The number of aromatic nitrogens is 2. The first-order valence-electron chi connectivity index (χ1n) is 8.31. The van der Waals surface area contributed by atoms with E-state index in [-0.39, 0.29) is 18.1 Å². The highest BCUT2D eigenvalue weighted by Gasteiger charge is 2.18. The smallest absolute Gasteiger partial charge is 0.274 e. The number of nitrogens with two attached hydrogens (primary N) is 1. The number of aliphatic hydroxyl groups is 1. The molecule has 0 aliphatic carbocycles. The van der Waals surface area contributed by atoms with E-state index in [1.165, 1.54) is 6.20 Å². The van der Waals surface area contributed by atoms with Crippen molar-refractivity contribution in [2.75, 3.05) is 12.3 Å². The summed E-state index contributed by atoms with van der Waals surface area (Å²) in [6.07, 6.45) is 2.05. The summed E-state index contributed by atoms with van der Waals surface area (Å²) in [6.45, 7) is -0.188. The molecule has 1 amide bonds. The van der Waals surface area contributed by atoms with Gasteiger partial charge in [-0.25, -0.2) is 9.97 Å². The van der Waals surface area contributed by atoms with Gasteiger partial charge in [0, 0.05) is 5.56 Å². The Morgan fingerprint density at radius 1 is 1.08 bits per heavy atom. The molecule has 0 unspecified atom stereocenters. The number of carbonyl (C=O) groups is 1. The number of nitrogens with one attached hydrogen (secondary N) is 1. The van der Waals surface area contributed by atoms with Crippen LogP contribution in [0.2, 0.25) is 0 Å². The maximum absolute atomic E-state index is 12.6. The van der Waals surface area contributed by atoms with Crippen molar-refractivity contribution in [1.82, 2.24) is 15.3 Å². The average molecular weight is 348 g/mol. The van der Waals surface area contributed by atoms with E-state index in [0.29, 0.717) is 12.1 Å².